The molecule has 0 radical (unpaired) electrons. The van der Waals surface area contributed by atoms with Gasteiger partial charge >= 0.3 is 0 Å². The number of halogens is 1. The highest BCUT2D eigenvalue weighted by Gasteiger charge is 2.41. The summed E-state index contributed by atoms with van der Waals surface area (Å²) in [4.78, 5) is 12.4. The normalized spacial score (nSPS) is 23.4. The lowest BCUT2D eigenvalue weighted by atomic mass is 9.70. The Bertz CT molecular complexity index is 543. The molecule has 1 unspecified atom stereocenters. The molecule has 1 heterocycles. The maximum atomic E-state index is 12.4. The van der Waals surface area contributed by atoms with Crippen LogP contribution in [0.4, 0.5) is 0 Å². The van der Waals surface area contributed by atoms with Gasteiger partial charge in [-0.15, -0.1) is 0 Å². The van der Waals surface area contributed by atoms with E-state index in [4.69, 9.17) is 4.74 Å². The fraction of sp³-hybridized carbons (Fsp3) is 0.562. The third kappa shape index (κ3) is 3.09. The molecule has 2 N–H and O–H groups in total. The summed E-state index contributed by atoms with van der Waals surface area (Å²) in [7, 11) is 1.62. The molecule has 1 saturated carbocycles. The molecule has 2 fully saturated rings. The van der Waals surface area contributed by atoms with Crippen LogP contribution in [0.1, 0.15) is 42.5 Å². The van der Waals surface area contributed by atoms with E-state index < -0.39 is 0 Å². The predicted molar refractivity (Wildman–Crippen MR) is 85.8 cm³/mol. The van der Waals surface area contributed by atoms with Crippen molar-refractivity contribution in [1.29, 1.82) is 0 Å². The molecule has 21 heavy (non-hydrogen) atoms. The fourth-order valence-electron chi connectivity index (χ4n) is 3.34. The second-order valence-electron chi connectivity index (χ2n) is 6.07. The van der Waals surface area contributed by atoms with E-state index in [2.05, 4.69) is 26.6 Å². The quantitative estimate of drug-likeness (QED) is 0.879. The van der Waals surface area contributed by atoms with Gasteiger partial charge in [-0.1, -0.05) is 0 Å². The van der Waals surface area contributed by atoms with Crippen LogP contribution in [-0.2, 0) is 0 Å². The van der Waals surface area contributed by atoms with E-state index in [1.807, 2.05) is 12.1 Å². The molecule has 2 aliphatic rings. The van der Waals surface area contributed by atoms with Crippen molar-refractivity contribution in [2.24, 2.45) is 0 Å². The van der Waals surface area contributed by atoms with Gasteiger partial charge in [-0.2, -0.15) is 0 Å². The largest absolute Gasteiger partial charge is 0.496 e. The SMILES string of the molecule is COc1ccc(C(=O)NC2CCNC3(CCC3)C2)cc1Br. The van der Waals surface area contributed by atoms with Crippen molar-refractivity contribution in [3.05, 3.63) is 28.2 Å². The molecular formula is C16H21BrN2O2. The van der Waals surface area contributed by atoms with Crippen LogP contribution in [0.2, 0.25) is 0 Å². The summed E-state index contributed by atoms with van der Waals surface area (Å²) < 4.78 is 6.00. The molecule has 5 heteroatoms. The first-order chi connectivity index (χ1) is 10.1. The molecule has 0 bridgehead atoms. The number of nitrogens with one attached hydrogen (secondary N) is 2. The summed E-state index contributed by atoms with van der Waals surface area (Å²) in [5.74, 6) is 0.738. The standard InChI is InChI=1S/C16H21BrN2O2/c1-21-14-4-3-11(9-13(14)17)15(20)19-12-5-8-18-16(10-12)6-2-7-16/h3-4,9,12,18H,2,5-8,10H2,1H3,(H,19,20). The van der Waals surface area contributed by atoms with E-state index in [0.717, 1.165) is 29.6 Å². The van der Waals surface area contributed by atoms with Crippen molar-refractivity contribution in [2.45, 2.75) is 43.7 Å². The Labute approximate surface area is 133 Å². The third-order valence-electron chi connectivity index (χ3n) is 4.69. The van der Waals surface area contributed by atoms with Crippen LogP contribution >= 0.6 is 15.9 Å². The summed E-state index contributed by atoms with van der Waals surface area (Å²) >= 11 is 3.42. The van der Waals surface area contributed by atoms with E-state index in [1.54, 1.807) is 13.2 Å². The molecule has 3 rings (SSSR count). The molecule has 1 spiro atoms. The van der Waals surface area contributed by atoms with Crippen molar-refractivity contribution in [3.63, 3.8) is 0 Å². The minimum atomic E-state index is -0.000253. The third-order valence-corrected chi connectivity index (χ3v) is 5.31. The van der Waals surface area contributed by atoms with Gasteiger partial charge in [-0.3, -0.25) is 4.79 Å². The molecule has 1 saturated heterocycles. The molecule has 1 aromatic rings. The minimum Gasteiger partial charge on any atom is -0.496 e. The molecule has 1 aliphatic heterocycles. The van der Waals surface area contributed by atoms with Gasteiger partial charge in [0.15, 0.2) is 0 Å². The van der Waals surface area contributed by atoms with E-state index in [1.165, 1.54) is 19.3 Å². The Morgan fingerprint density at radius 2 is 2.29 bits per heavy atom. The topological polar surface area (TPSA) is 50.4 Å². The zero-order valence-corrected chi connectivity index (χ0v) is 13.8. The Morgan fingerprint density at radius 1 is 1.48 bits per heavy atom. The Balaban J connectivity index is 1.64. The Hall–Kier alpha value is -1.07. The first-order valence-electron chi connectivity index (χ1n) is 7.51. The monoisotopic (exact) mass is 352 g/mol. The van der Waals surface area contributed by atoms with E-state index >= 15 is 0 Å². The second kappa shape index (κ2) is 5.97. The average molecular weight is 353 g/mol. The zero-order valence-electron chi connectivity index (χ0n) is 12.2. The van der Waals surface area contributed by atoms with Crippen LogP contribution in [0.25, 0.3) is 0 Å². The summed E-state index contributed by atoms with van der Waals surface area (Å²) in [6, 6.07) is 5.71. The number of carbonyl (C=O) groups is 1. The number of ether oxygens (including phenoxy) is 1. The van der Waals surface area contributed by atoms with Crippen molar-refractivity contribution in [3.8, 4) is 5.75 Å². The van der Waals surface area contributed by atoms with Crippen LogP contribution in [0, 0.1) is 0 Å². The number of amides is 1. The van der Waals surface area contributed by atoms with Gasteiger partial charge in [-0.25, -0.2) is 0 Å². The number of piperidine rings is 1. The van der Waals surface area contributed by atoms with Gasteiger partial charge in [-0.05, 0) is 72.8 Å². The first kappa shape index (κ1) is 14.9. The van der Waals surface area contributed by atoms with Crippen molar-refractivity contribution in [2.75, 3.05) is 13.7 Å². The lowest BCUT2D eigenvalue weighted by Crippen LogP contribution is -2.59. The van der Waals surface area contributed by atoms with Gasteiger partial charge in [0, 0.05) is 17.1 Å². The number of hydrogen-bond acceptors (Lipinski definition) is 3. The van der Waals surface area contributed by atoms with Gasteiger partial charge in [0.1, 0.15) is 5.75 Å². The highest BCUT2D eigenvalue weighted by Crippen LogP contribution is 2.38. The number of hydrogen-bond donors (Lipinski definition) is 2. The number of rotatable bonds is 3. The van der Waals surface area contributed by atoms with Crippen LogP contribution in [0.15, 0.2) is 22.7 Å². The van der Waals surface area contributed by atoms with Gasteiger partial charge < -0.3 is 15.4 Å². The molecular weight excluding hydrogens is 332 g/mol. The fourth-order valence-corrected chi connectivity index (χ4v) is 3.88. The molecule has 1 aliphatic carbocycles. The highest BCUT2D eigenvalue weighted by atomic mass is 79.9. The van der Waals surface area contributed by atoms with Crippen molar-refractivity contribution in [1.82, 2.24) is 10.6 Å². The molecule has 1 amide bonds. The maximum absolute atomic E-state index is 12.4. The number of methoxy groups -OCH3 is 1. The van der Waals surface area contributed by atoms with E-state index in [-0.39, 0.29) is 11.9 Å². The van der Waals surface area contributed by atoms with Crippen LogP contribution in [-0.4, -0.2) is 31.1 Å². The lowest BCUT2D eigenvalue weighted by Gasteiger charge is -2.48. The lowest BCUT2D eigenvalue weighted by molar-refractivity contribution is 0.0853. The van der Waals surface area contributed by atoms with E-state index in [9.17, 15) is 4.79 Å². The summed E-state index contributed by atoms with van der Waals surface area (Å²) in [6.07, 6.45) is 5.85. The molecule has 1 aromatic carbocycles. The predicted octanol–water partition coefficient (Wildman–Crippen LogP) is 2.86. The smallest absolute Gasteiger partial charge is 0.251 e. The van der Waals surface area contributed by atoms with Crippen LogP contribution < -0.4 is 15.4 Å². The highest BCUT2D eigenvalue weighted by molar-refractivity contribution is 9.10. The molecule has 4 nitrogen and oxygen atoms in total. The maximum Gasteiger partial charge on any atom is 0.251 e. The number of carbonyl (C=O) groups excluding carboxylic acids is 1. The van der Waals surface area contributed by atoms with Crippen LogP contribution in [0.3, 0.4) is 0 Å². The zero-order chi connectivity index (χ0) is 14.9. The number of benzene rings is 1. The minimum absolute atomic E-state index is 0.000253. The van der Waals surface area contributed by atoms with Crippen molar-refractivity contribution >= 4 is 21.8 Å². The van der Waals surface area contributed by atoms with Gasteiger partial charge in [0.25, 0.3) is 5.91 Å². The summed E-state index contributed by atoms with van der Waals surface area (Å²) in [5.41, 5.74) is 0.973. The average Bonchev–Trinajstić information content (AvgIpc) is 2.45. The summed E-state index contributed by atoms with van der Waals surface area (Å²) in [5, 5.41) is 6.81. The Kier molecular flexibility index (Phi) is 4.22. The van der Waals surface area contributed by atoms with E-state index in [0.29, 0.717) is 11.1 Å². The first-order valence-corrected chi connectivity index (χ1v) is 8.31. The molecule has 1 atom stereocenters. The van der Waals surface area contributed by atoms with Gasteiger partial charge in [0.05, 0.1) is 11.6 Å². The molecule has 114 valence electrons. The Morgan fingerprint density at radius 3 is 2.90 bits per heavy atom. The van der Waals surface area contributed by atoms with Crippen molar-refractivity contribution < 1.29 is 9.53 Å². The van der Waals surface area contributed by atoms with Crippen LogP contribution in [0.5, 0.6) is 5.75 Å². The summed E-state index contributed by atoms with van der Waals surface area (Å²) in [6.45, 7) is 0.997. The second-order valence-corrected chi connectivity index (χ2v) is 6.93. The molecule has 0 aromatic heterocycles. The van der Waals surface area contributed by atoms with Gasteiger partial charge in [0.2, 0.25) is 0 Å².